The molecular weight excluding hydrogens is 174 g/mol. The SMILES string of the molecule is C[C@@H](NC(=O)OC(C)(C)C)C(O)O. The number of carbonyl (C=O) groups is 1. The maximum absolute atomic E-state index is 11.0. The largest absolute Gasteiger partial charge is 0.444 e. The zero-order valence-corrected chi connectivity index (χ0v) is 8.37. The Morgan fingerprint density at radius 3 is 2.15 bits per heavy atom. The van der Waals surface area contributed by atoms with Crippen LogP contribution in [0.2, 0.25) is 0 Å². The van der Waals surface area contributed by atoms with Gasteiger partial charge in [-0.1, -0.05) is 0 Å². The molecule has 0 unspecified atom stereocenters. The van der Waals surface area contributed by atoms with Gasteiger partial charge in [-0.2, -0.15) is 0 Å². The van der Waals surface area contributed by atoms with Crippen molar-refractivity contribution in [2.75, 3.05) is 0 Å². The van der Waals surface area contributed by atoms with Gasteiger partial charge in [0.05, 0.1) is 6.04 Å². The summed E-state index contributed by atoms with van der Waals surface area (Å²) in [6.07, 6.45) is -2.24. The Hall–Kier alpha value is -0.810. The van der Waals surface area contributed by atoms with Crippen LogP contribution in [0, 0.1) is 0 Å². The molecule has 0 bridgehead atoms. The second-order valence-electron chi connectivity index (χ2n) is 3.85. The lowest BCUT2D eigenvalue weighted by atomic mass is 10.2. The third-order valence-corrected chi connectivity index (χ3v) is 1.19. The number of carbonyl (C=O) groups excluding carboxylic acids is 1. The van der Waals surface area contributed by atoms with Crippen LogP contribution < -0.4 is 5.32 Å². The fraction of sp³-hybridized carbons (Fsp3) is 0.875. The quantitative estimate of drug-likeness (QED) is 0.545. The van der Waals surface area contributed by atoms with E-state index in [1.54, 1.807) is 20.8 Å². The maximum atomic E-state index is 11.0. The van der Waals surface area contributed by atoms with Gasteiger partial charge < -0.3 is 20.3 Å². The molecule has 0 aromatic rings. The summed E-state index contributed by atoms with van der Waals surface area (Å²) in [7, 11) is 0. The molecule has 0 heterocycles. The van der Waals surface area contributed by atoms with Crippen LogP contribution in [0.4, 0.5) is 4.79 Å². The summed E-state index contributed by atoms with van der Waals surface area (Å²) < 4.78 is 4.89. The van der Waals surface area contributed by atoms with E-state index in [2.05, 4.69) is 5.32 Å². The molecule has 0 aromatic carbocycles. The lowest BCUT2D eigenvalue weighted by Gasteiger charge is -2.22. The Labute approximate surface area is 77.7 Å². The molecule has 1 atom stereocenters. The molecule has 3 N–H and O–H groups in total. The molecule has 0 radical (unpaired) electrons. The Kier molecular flexibility index (Phi) is 4.16. The summed E-state index contributed by atoms with van der Waals surface area (Å²) in [6.45, 7) is 6.65. The number of hydrogen-bond donors (Lipinski definition) is 3. The topological polar surface area (TPSA) is 78.8 Å². The van der Waals surface area contributed by atoms with Crippen LogP contribution in [0.25, 0.3) is 0 Å². The van der Waals surface area contributed by atoms with Gasteiger partial charge in [-0.15, -0.1) is 0 Å². The van der Waals surface area contributed by atoms with Crippen molar-refractivity contribution < 1.29 is 19.7 Å². The standard InChI is InChI=1S/C8H17NO4/c1-5(6(10)11)9-7(12)13-8(2,3)4/h5-6,10-11H,1-4H3,(H,9,12)/t5-/m1/s1. The Morgan fingerprint density at radius 2 is 1.85 bits per heavy atom. The molecule has 5 heteroatoms. The van der Waals surface area contributed by atoms with Crippen molar-refractivity contribution in [2.45, 2.75) is 45.6 Å². The lowest BCUT2D eigenvalue weighted by Crippen LogP contribution is -2.43. The zero-order chi connectivity index (χ0) is 10.6. The molecule has 0 saturated heterocycles. The van der Waals surface area contributed by atoms with E-state index in [1.807, 2.05) is 0 Å². The van der Waals surface area contributed by atoms with Gasteiger partial charge in [-0.25, -0.2) is 4.79 Å². The van der Waals surface area contributed by atoms with Crippen LogP contribution in [0.1, 0.15) is 27.7 Å². The first-order chi connectivity index (χ1) is 5.72. The highest BCUT2D eigenvalue weighted by Gasteiger charge is 2.19. The number of aliphatic hydroxyl groups excluding tert-OH is 1. The zero-order valence-electron chi connectivity index (χ0n) is 8.37. The minimum absolute atomic E-state index is 0.579. The summed E-state index contributed by atoms with van der Waals surface area (Å²) >= 11 is 0. The number of nitrogens with one attached hydrogen (secondary N) is 1. The van der Waals surface area contributed by atoms with Crippen molar-refractivity contribution in [1.82, 2.24) is 5.32 Å². The van der Waals surface area contributed by atoms with E-state index in [1.165, 1.54) is 6.92 Å². The Morgan fingerprint density at radius 1 is 1.38 bits per heavy atom. The highest BCUT2D eigenvalue weighted by molar-refractivity contribution is 5.68. The number of rotatable bonds is 2. The fourth-order valence-electron chi connectivity index (χ4n) is 0.568. The molecule has 0 rings (SSSR count). The van der Waals surface area contributed by atoms with Crippen molar-refractivity contribution >= 4 is 6.09 Å². The van der Waals surface area contributed by atoms with E-state index in [0.29, 0.717) is 0 Å². The third-order valence-electron chi connectivity index (χ3n) is 1.19. The number of aliphatic hydroxyl groups is 2. The molecule has 1 amide bonds. The van der Waals surface area contributed by atoms with E-state index >= 15 is 0 Å². The van der Waals surface area contributed by atoms with E-state index in [0.717, 1.165) is 0 Å². The van der Waals surface area contributed by atoms with Gasteiger partial charge in [-0.3, -0.25) is 0 Å². The number of hydrogen-bond acceptors (Lipinski definition) is 4. The van der Waals surface area contributed by atoms with Crippen molar-refractivity contribution in [3.63, 3.8) is 0 Å². The highest BCUT2D eigenvalue weighted by atomic mass is 16.6. The van der Waals surface area contributed by atoms with Crippen molar-refractivity contribution in [1.29, 1.82) is 0 Å². The van der Waals surface area contributed by atoms with Gasteiger partial charge in [-0.05, 0) is 27.7 Å². The second kappa shape index (κ2) is 4.43. The Bertz CT molecular complexity index is 173. The average molecular weight is 191 g/mol. The van der Waals surface area contributed by atoms with E-state index < -0.39 is 24.0 Å². The molecule has 0 fully saturated rings. The molecule has 0 aliphatic rings. The van der Waals surface area contributed by atoms with Gasteiger partial charge in [0.2, 0.25) is 0 Å². The minimum Gasteiger partial charge on any atom is -0.444 e. The lowest BCUT2D eigenvalue weighted by molar-refractivity contribution is -0.0637. The van der Waals surface area contributed by atoms with Gasteiger partial charge in [0.1, 0.15) is 5.60 Å². The molecule has 0 spiro atoms. The van der Waals surface area contributed by atoms with Gasteiger partial charge in [0.25, 0.3) is 0 Å². The van der Waals surface area contributed by atoms with Gasteiger partial charge in [0, 0.05) is 0 Å². The smallest absolute Gasteiger partial charge is 0.408 e. The van der Waals surface area contributed by atoms with Gasteiger partial charge >= 0.3 is 6.09 Å². The summed E-state index contributed by atoms with van der Waals surface area (Å²) in [4.78, 5) is 11.0. The maximum Gasteiger partial charge on any atom is 0.408 e. The van der Waals surface area contributed by atoms with E-state index in [4.69, 9.17) is 14.9 Å². The summed E-state index contributed by atoms with van der Waals surface area (Å²) in [6, 6.07) is -0.741. The number of ether oxygens (including phenoxy) is 1. The van der Waals surface area contributed by atoms with Crippen LogP contribution in [0.5, 0.6) is 0 Å². The van der Waals surface area contributed by atoms with E-state index in [9.17, 15) is 4.79 Å². The number of amides is 1. The van der Waals surface area contributed by atoms with E-state index in [-0.39, 0.29) is 0 Å². The molecule has 0 aliphatic carbocycles. The van der Waals surface area contributed by atoms with Gasteiger partial charge in [0.15, 0.2) is 6.29 Å². The highest BCUT2D eigenvalue weighted by Crippen LogP contribution is 2.06. The van der Waals surface area contributed by atoms with Crippen molar-refractivity contribution in [2.24, 2.45) is 0 Å². The summed E-state index contributed by atoms with van der Waals surface area (Å²) in [5.41, 5.74) is -0.579. The molecule has 0 aromatic heterocycles. The monoisotopic (exact) mass is 191 g/mol. The molecule has 78 valence electrons. The summed E-state index contributed by atoms with van der Waals surface area (Å²) in [5, 5.41) is 19.6. The normalized spacial score (nSPS) is 14.1. The second-order valence-corrected chi connectivity index (χ2v) is 3.85. The van der Waals surface area contributed by atoms with Crippen LogP contribution in [0.15, 0.2) is 0 Å². The molecular formula is C8H17NO4. The first kappa shape index (κ1) is 12.2. The van der Waals surface area contributed by atoms with Crippen LogP contribution in [-0.2, 0) is 4.74 Å². The molecule has 13 heavy (non-hydrogen) atoms. The first-order valence-electron chi connectivity index (χ1n) is 4.08. The minimum atomic E-state index is -1.58. The molecule has 0 aliphatic heterocycles. The fourth-order valence-corrected chi connectivity index (χ4v) is 0.568. The predicted octanol–water partition coefficient (Wildman–Crippen LogP) is 0.210. The number of alkyl carbamates (subject to hydrolysis) is 1. The van der Waals surface area contributed by atoms with Crippen LogP contribution in [-0.4, -0.2) is 34.2 Å². The average Bonchev–Trinajstić information content (AvgIpc) is 1.81. The first-order valence-corrected chi connectivity index (χ1v) is 4.08. The van der Waals surface area contributed by atoms with Crippen LogP contribution >= 0.6 is 0 Å². The Balaban J connectivity index is 3.89. The van der Waals surface area contributed by atoms with Crippen LogP contribution in [0.3, 0.4) is 0 Å². The third kappa shape index (κ3) is 6.36. The van der Waals surface area contributed by atoms with Crippen molar-refractivity contribution in [3.8, 4) is 0 Å². The summed E-state index contributed by atoms with van der Waals surface area (Å²) in [5.74, 6) is 0. The van der Waals surface area contributed by atoms with Crippen molar-refractivity contribution in [3.05, 3.63) is 0 Å². The molecule has 0 saturated carbocycles. The predicted molar refractivity (Wildman–Crippen MR) is 47.1 cm³/mol. The molecule has 5 nitrogen and oxygen atoms in total.